The molecule has 5 rings (SSSR count). The first kappa shape index (κ1) is 21.4. The fourth-order valence-electron chi connectivity index (χ4n) is 5.75. The Morgan fingerprint density at radius 3 is 2.56 bits per heavy atom. The summed E-state index contributed by atoms with van der Waals surface area (Å²) >= 11 is 0. The maximum atomic E-state index is 13.0. The predicted molar refractivity (Wildman–Crippen MR) is 128 cm³/mol. The van der Waals surface area contributed by atoms with Gasteiger partial charge in [-0.15, -0.1) is 0 Å². The average Bonchev–Trinajstić information content (AvgIpc) is 3.24. The quantitative estimate of drug-likeness (QED) is 0.596. The Bertz CT molecular complexity index is 1020. The number of amides is 1. The van der Waals surface area contributed by atoms with Gasteiger partial charge in [0.2, 0.25) is 5.91 Å². The number of ketones is 1. The maximum Gasteiger partial charge on any atom is 0.227 e. The van der Waals surface area contributed by atoms with Crippen molar-refractivity contribution in [3.05, 3.63) is 64.2 Å². The zero-order chi connectivity index (χ0) is 22.1. The molecule has 32 heavy (non-hydrogen) atoms. The fourth-order valence-corrected chi connectivity index (χ4v) is 5.75. The highest BCUT2D eigenvalue weighted by Gasteiger charge is 2.32. The summed E-state index contributed by atoms with van der Waals surface area (Å²) in [6.07, 6.45) is 7.41. The Kier molecular flexibility index (Phi) is 6.14. The van der Waals surface area contributed by atoms with Gasteiger partial charge in [0.1, 0.15) is 0 Å². The normalized spacial score (nSPS) is 18.8. The van der Waals surface area contributed by atoms with Crippen LogP contribution < -0.4 is 4.90 Å². The molecule has 0 bridgehead atoms. The Hall–Kier alpha value is -2.46. The first-order valence-electron chi connectivity index (χ1n) is 12.3. The summed E-state index contributed by atoms with van der Waals surface area (Å²) in [4.78, 5) is 29.6. The molecule has 1 amide bonds. The van der Waals surface area contributed by atoms with Crippen molar-refractivity contribution < 1.29 is 9.59 Å². The molecule has 0 spiro atoms. The lowest BCUT2D eigenvalue weighted by Crippen LogP contribution is -2.35. The summed E-state index contributed by atoms with van der Waals surface area (Å²) < 4.78 is 0. The topological polar surface area (TPSA) is 40.6 Å². The monoisotopic (exact) mass is 430 g/mol. The minimum atomic E-state index is 0.237. The summed E-state index contributed by atoms with van der Waals surface area (Å²) in [6.45, 7) is 6.37. The highest BCUT2D eigenvalue weighted by atomic mass is 16.2. The number of likely N-dealkylation sites (tertiary alicyclic amines) is 1. The zero-order valence-corrected chi connectivity index (χ0v) is 19.2. The minimum Gasteiger partial charge on any atom is -0.312 e. The number of hydrogen-bond donors (Lipinski definition) is 0. The Labute approximate surface area is 191 Å². The summed E-state index contributed by atoms with van der Waals surface area (Å²) in [5.74, 6) is 1.18. The molecule has 3 aliphatic heterocycles. The number of hydrogen-bond acceptors (Lipinski definition) is 3. The number of benzene rings is 2. The van der Waals surface area contributed by atoms with Crippen molar-refractivity contribution in [2.75, 3.05) is 31.1 Å². The van der Waals surface area contributed by atoms with Gasteiger partial charge in [-0.25, -0.2) is 0 Å². The molecule has 2 aromatic carbocycles. The molecule has 0 unspecified atom stereocenters. The molecule has 0 N–H and O–H groups in total. The van der Waals surface area contributed by atoms with Gasteiger partial charge >= 0.3 is 0 Å². The highest BCUT2D eigenvalue weighted by Crippen LogP contribution is 2.38. The standard InChI is InChI=1S/C28H34N2O2/c1-20-3-2-4-22(17-20)11-15-29-13-9-21(10-14-29)5-7-26(31)25-18-23-6-8-27(32)30-16-12-24(19-25)28(23)30/h2-4,17-19,21H,5-16H2,1H3. The van der Waals surface area contributed by atoms with Crippen LogP contribution in [0.2, 0.25) is 0 Å². The van der Waals surface area contributed by atoms with Crippen LogP contribution in [-0.4, -0.2) is 42.8 Å². The van der Waals surface area contributed by atoms with Crippen LogP contribution in [0.5, 0.6) is 0 Å². The third-order valence-corrected chi connectivity index (χ3v) is 7.66. The molecular weight excluding hydrogens is 396 g/mol. The van der Waals surface area contributed by atoms with Crippen LogP contribution in [0, 0.1) is 12.8 Å². The molecule has 1 saturated heterocycles. The molecule has 0 radical (unpaired) electrons. The number of anilines is 1. The molecule has 0 atom stereocenters. The largest absolute Gasteiger partial charge is 0.312 e. The Morgan fingerprint density at radius 1 is 1.00 bits per heavy atom. The van der Waals surface area contributed by atoms with E-state index in [1.807, 2.05) is 4.90 Å². The van der Waals surface area contributed by atoms with E-state index in [1.54, 1.807) is 0 Å². The van der Waals surface area contributed by atoms with Crippen molar-refractivity contribution in [3.8, 4) is 0 Å². The molecule has 4 heteroatoms. The molecule has 3 heterocycles. The lowest BCUT2D eigenvalue weighted by atomic mass is 9.89. The molecule has 2 aromatic rings. The SMILES string of the molecule is Cc1cccc(CCN2CCC(CCC(=O)c3cc4c5c(c3)CCN5C(=O)CC4)CC2)c1. The van der Waals surface area contributed by atoms with E-state index in [0.29, 0.717) is 18.8 Å². The second kappa shape index (κ2) is 9.19. The Balaban J connectivity index is 1.10. The van der Waals surface area contributed by atoms with Crippen LogP contribution in [0.25, 0.3) is 0 Å². The van der Waals surface area contributed by atoms with Crippen LogP contribution in [0.3, 0.4) is 0 Å². The molecular formula is C28H34N2O2. The lowest BCUT2D eigenvalue weighted by Gasteiger charge is -2.32. The number of nitrogens with zero attached hydrogens (tertiary/aromatic N) is 2. The van der Waals surface area contributed by atoms with E-state index < -0.39 is 0 Å². The smallest absolute Gasteiger partial charge is 0.227 e. The lowest BCUT2D eigenvalue weighted by molar-refractivity contribution is -0.118. The van der Waals surface area contributed by atoms with Crippen LogP contribution in [0.1, 0.15) is 64.7 Å². The van der Waals surface area contributed by atoms with E-state index in [9.17, 15) is 9.59 Å². The number of Topliss-reactive ketones (excluding diaryl/α,β-unsaturated/α-hetero) is 1. The van der Waals surface area contributed by atoms with Gasteiger partial charge < -0.3 is 9.80 Å². The van der Waals surface area contributed by atoms with Gasteiger partial charge in [-0.1, -0.05) is 29.8 Å². The molecule has 0 saturated carbocycles. The number of aryl methyl sites for hydroxylation is 2. The second-order valence-electron chi connectivity index (χ2n) is 9.92. The fraction of sp³-hybridized carbons (Fsp3) is 0.500. The summed E-state index contributed by atoms with van der Waals surface area (Å²) in [6, 6.07) is 13.0. The summed E-state index contributed by atoms with van der Waals surface area (Å²) in [5, 5.41) is 0. The van der Waals surface area contributed by atoms with E-state index in [4.69, 9.17) is 0 Å². The van der Waals surface area contributed by atoms with Crippen molar-refractivity contribution in [1.82, 2.24) is 4.90 Å². The van der Waals surface area contributed by atoms with Gasteiger partial charge in [0.15, 0.2) is 5.78 Å². The predicted octanol–water partition coefficient (Wildman–Crippen LogP) is 4.75. The third kappa shape index (κ3) is 4.52. The first-order chi connectivity index (χ1) is 15.6. The van der Waals surface area contributed by atoms with Crippen LogP contribution >= 0.6 is 0 Å². The number of rotatable bonds is 7. The van der Waals surface area contributed by atoms with E-state index in [-0.39, 0.29) is 11.7 Å². The van der Waals surface area contributed by atoms with E-state index in [2.05, 4.69) is 48.2 Å². The van der Waals surface area contributed by atoms with Gasteiger partial charge in [0.25, 0.3) is 0 Å². The maximum absolute atomic E-state index is 13.0. The molecule has 168 valence electrons. The molecule has 3 aliphatic rings. The van der Waals surface area contributed by atoms with Crippen LogP contribution in [0.15, 0.2) is 36.4 Å². The van der Waals surface area contributed by atoms with Gasteiger partial charge in [-0.05, 0) is 93.3 Å². The van der Waals surface area contributed by atoms with Crippen molar-refractivity contribution in [2.45, 2.75) is 58.3 Å². The minimum absolute atomic E-state index is 0.237. The van der Waals surface area contributed by atoms with Crippen molar-refractivity contribution in [2.24, 2.45) is 5.92 Å². The van der Waals surface area contributed by atoms with Crippen molar-refractivity contribution in [3.63, 3.8) is 0 Å². The molecule has 4 nitrogen and oxygen atoms in total. The van der Waals surface area contributed by atoms with Crippen molar-refractivity contribution >= 4 is 17.4 Å². The summed E-state index contributed by atoms with van der Waals surface area (Å²) in [5.41, 5.74) is 7.13. The highest BCUT2D eigenvalue weighted by molar-refractivity contribution is 6.02. The number of piperidine rings is 1. The summed E-state index contributed by atoms with van der Waals surface area (Å²) in [7, 11) is 0. The first-order valence-corrected chi connectivity index (χ1v) is 12.3. The molecule has 1 fully saturated rings. The van der Waals surface area contributed by atoms with Crippen LogP contribution in [0.4, 0.5) is 5.69 Å². The van der Waals surface area contributed by atoms with Crippen molar-refractivity contribution in [1.29, 1.82) is 0 Å². The van der Waals surface area contributed by atoms with Gasteiger partial charge in [-0.2, -0.15) is 0 Å². The third-order valence-electron chi connectivity index (χ3n) is 7.66. The zero-order valence-electron chi connectivity index (χ0n) is 19.2. The van der Waals surface area contributed by atoms with E-state index in [1.165, 1.54) is 35.1 Å². The van der Waals surface area contributed by atoms with Gasteiger partial charge in [-0.3, -0.25) is 9.59 Å². The Morgan fingerprint density at radius 2 is 1.78 bits per heavy atom. The average molecular weight is 431 g/mol. The second-order valence-corrected chi connectivity index (χ2v) is 9.92. The number of carbonyl (C=O) groups is 2. The van der Waals surface area contributed by atoms with E-state index in [0.717, 1.165) is 63.1 Å². The van der Waals surface area contributed by atoms with E-state index >= 15 is 0 Å². The van der Waals surface area contributed by atoms with Gasteiger partial charge in [0, 0.05) is 31.5 Å². The van der Waals surface area contributed by atoms with Gasteiger partial charge in [0.05, 0.1) is 5.69 Å². The molecule has 0 aromatic heterocycles. The number of carbonyl (C=O) groups excluding carboxylic acids is 2. The molecule has 0 aliphatic carbocycles. The van der Waals surface area contributed by atoms with Crippen LogP contribution in [-0.2, 0) is 24.1 Å².